The van der Waals surface area contributed by atoms with E-state index in [0.29, 0.717) is 0 Å². The van der Waals surface area contributed by atoms with Gasteiger partial charge < -0.3 is 0 Å². The van der Waals surface area contributed by atoms with Gasteiger partial charge in [0, 0.05) is 10.8 Å². The highest BCUT2D eigenvalue weighted by Gasteiger charge is 2.16. The molecular formula is C13H24O2. The standard InChI is InChI=1S/C7H12O.C6H12O/c1-5-6(8)7(2,3)4;1-5(7)6(2,3)4/h5H,1H2,2-4H3;1-4H3. The summed E-state index contributed by atoms with van der Waals surface area (Å²) in [6.45, 7) is 16.3. The van der Waals surface area contributed by atoms with Crippen molar-refractivity contribution in [3.05, 3.63) is 12.7 Å². The molecule has 0 aromatic heterocycles. The maximum absolute atomic E-state index is 10.7. The van der Waals surface area contributed by atoms with E-state index in [1.165, 1.54) is 6.08 Å². The van der Waals surface area contributed by atoms with E-state index in [4.69, 9.17) is 0 Å². The van der Waals surface area contributed by atoms with Gasteiger partial charge in [-0.2, -0.15) is 0 Å². The molecule has 0 fully saturated rings. The summed E-state index contributed by atoms with van der Waals surface area (Å²) in [6, 6.07) is 0. The lowest BCUT2D eigenvalue weighted by atomic mass is 9.91. The Morgan fingerprint density at radius 2 is 1.20 bits per heavy atom. The molecule has 0 rings (SSSR count). The fourth-order valence-electron chi connectivity index (χ4n) is 0.306. The summed E-state index contributed by atoms with van der Waals surface area (Å²) in [4.78, 5) is 21.2. The van der Waals surface area contributed by atoms with Crippen LogP contribution in [-0.2, 0) is 9.59 Å². The first-order valence-corrected chi connectivity index (χ1v) is 5.11. The lowest BCUT2D eigenvalue weighted by Gasteiger charge is -2.11. The number of allylic oxidation sites excluding steroid dienone is 1. The number of carbonyl (C=O) groups excluding carboxylic acids is 2. The smallest absolute Gasteiger partial charge is 0.160 e. The van der Waals surface area contributed by atoms with E-state index in [2.05, 4.69) is 6.58 Å². The molecule has 0 aliphatic heterocycles. The zero-order valence-electron chi connectivity index (χ0n) is 11.1. The van der Waals surface area contributed by atoms with Gasteiger partial charge in [0.05, 0.1) is 0 Å². The van der Waals surface area contributed by atoms with Crippen LogP contribution >= 0.6 is 0 Å². The molecule has 0 saturated heterocycles. The largest absolute Gasteiger partial charge is 0.299 e. The molecule has 0 amide bonds. The monoisotopic (exact) mass is 212 g/mol. The van der Waals surface area contributed by atoms with Gasteiger partial charge >= 0.3 is 0 Å². The molecule has 0 aliphatic rings. The number of carbonyl (C=O) groups is 2. The molecule has 2 heteroatoms. The number of ketones is 2. The van der Waals surface area contributed by atoms with E-state index in [1.807, 2.05) is 41.5 Å². The Morgan fingerprint density at radius 3 is 1.20 bits per heavy atom. The van der Waals surface area contributed by atoms with Gasteiger partial charge in [-0.15, -0.1) is 0 Å². The number of hydrogen-bond acceptors (Lipinski definition) is 2. The molecule has 0 bridgehead atoms. The van der Waals surface area contributed by atoms with Crippen LogP contribution < -0.4 is 0 Å². The minimum absolute atomic E-state index is 0.0949. The van der Waals surface area contributed by atoms with Crippen LogP contribution in [-0.4, -0.2) is 11.6 Å². The molecule has 2 nitrogen and oxygen atoms in total. The van der Waals surface area contributed by atoms with Crippen LogP contribution in [0.25, 0.3) is 0 Å². The molecular weight excluding hydrogens is 188 g/mol. The van der Waals surface area contributed by atoms with Gasteiger partial charge in [-0.05, 0) is 13.0 Å². The van der Waals surface area contributed by atoms with Crippen molar-refractivity contribution in [2.75, 3.05) is 0 Å². The molecule has 0 saturated carbocycles. The molecule has 0 radical (unpaired) electrons. The Balaban J connectivity index is 0. The average Bonchev–Trinajstić information content (AvgIpc) is 2.00. The summed E-state index contributed by atoms with van der Waals surface area (Å²) >= 11 is 0. The van der Waals surface area contributed by atoms with E-state index in [1.54, 1.807) is 6.92 Å². The Morgan fingerprint density at radius 1 is 0.933 bits per heavy atom. The minimum atomic E-state index is -0.248. The quantitative estimate of drug-likeness (QED) is 0.624. The topological polar surface area (TPSA) is 34.1 Å². The van der Waals surface area contributed by atoms with Crippen molar-refractivity contribution < 1.29 is 9.59 Å². The molecule has 0 N–H and O–H groups in total. The predicted molar refractivity (Wildman–Crippen MR) is 64.8 cm³/mol. The molecule has 0 heterocycles. The molecule has 88 valence electrons. The Bertz CT molecular complexity index is 236. The van der Waals surface area contributed by atoms with E-state index in [9.17, 15) is 9.59 Å². The zero-order valence-corrected chi connectivity index (χ0v) is 11.1. The second-order valence-electron chi connectivity index (χ2n) is 5.62. The summed E-state index contributed by atoms with van der Waals surface area (Å²) in [5.41, 5.74) is -0.387. The van der Waals surface area contributed by atoms with Crippen molar-refractivity contribution in [3.8, 4) is 0 Å². The van der Waals surface area contributed by atoms with Gasteiger partial charge in [-0.1, -0.05) is 48.1 Å². The van der Waals surface area contributed by atoms with E-state index >= 15 is 0 Å². The number of Topliss-reactive ketones (excluding diaryl/α,β-unsaturated/α-hetero) is 1. The van der Waals surface area contributed by atoms with E-state index < -0.39 is 0 Å². The Hall–Kier alpha value is -0.920. The second kappa shape index (κ2) is 5.84. The Kier molecular flexibility index (Phi) is 6.43. The molecule has 0 spiro atoms. The first kappa shape index (κ1) is 16.5. The maximum atomic E-state index is 10.7. The summed E-state index contributed by atoms with van der Waals surface area (Å²) in [5, 5.41) is 0. The van der Waals surface area contributed by atoms with Gasteiger partial charge in [0.1, 0.15) is 5.78 Å². The lowest BCUT2D eigenvalue weighted by Crippen LogP contribution is -2.16. The molecule has 0 aromatic rings. The van der Waals surface area contributed by atoms with Crippen LogP contribution in [0.1, 0.15) is 48.5 Å². The van der Waals surface area contributed by atoms with Crippen LogP contribution in [0.15, 0.2) is 12.7 Å². The average molecular weight is 212 g/mol. The summed E-state index contributed by atoms with van der Waals surface area (Å²) in [5.74, 6) is 0.338. The molecule has 15 heavy (non-hydrogen) atoms. The Labute approximate surface area is 93.8 Å². The molecule has 0 atom stereocenters. The van der Waals surface area contributed by atoms with Crippen molar-refractivity contribution in [2.24, 2.45) is 10.8 Å². The fraction of sp³-hybridized carbons (Fsp3) is 0.692. The summed E-state index contributed by atoms with van der Waals surface area (Å²) in [6.07, 6.45) is 1.36. The van der Waals surface area contributed by atoms with Gasteiger partial charge in [0.25, 0.3) is 0 Å². The zero-order chi connectivity index (χ0) is 12.9. The highest BCUT2D eigenvalue weighted by atomic mass is 16.1. The van der Waals surface area contributed by atoms with Crippen LogP contribution in [0.2, 0.25) is 0 Å². The number of hydrogen-bond donors (Lipinski definition) is 0. The minimum Gasteiger partial charge on any atom is -0.299 e. The third-order valence-corrected chi connectivity index (χ3v) is 1.98. The third-order valence-electron chi connectivity index (χ3n) is 1.98. The lowest BCUT2D eigenvalue weighted by molar-refractivity contribution is -0.124. The predicted octanol–water partition coefficient (Wildman–Crippen LogP) is 3.41. The maximum Gasteiger partial charge on any atom is 0.160 e. The van der Waals surface area contributed by atoms with Crippen molar-refractivity contribution in [1.82, 2.24) is 0 Å². The summed E-state index contributed by atoms with van der Waals surface area (Å²) < 4.78 is 0. The van der Waals surface area contributed by atoms with Crippen LogP contribution in [0.5, 0.6) is 0 Å². The SMILES string of the molecule is C=CC(=O)C(C)(C)C.CC(=O)C(C)(C)C. The van der Waals surface area contributed by atoms with Crippen LogP contribution in [0.3, 0.4) is 0 Å². The van der Waals surface area contributed by atoms with Gasteiger partial charge in [0.2, 0.25) is 0 Å². The highest BCUT2D eigenvalue weighted by molar-refractivity contribution is 5.93. The van der Waals surface area contributed by atoms with Crippen molar-refractivity contribution in [3.63, 3.8) is 0 Å². The van der Waals surface area contributed by atoms with Crippen molar-refractivity contribution >= 4 is 11.6 Å². The van der Waals surface area contributed by atoms with Crippen LogP contribution in [0, 0.1) is 10.8 Å². The molecule has 0 aromatic carbocycles. The van der Waals surface area contributed by atoms with Crippen LogP contribution in [0.4, 0.5) is 0 Å². The summed E-state index contributed by atoms with van der Waals surface area (Å²) in [7, 11) is 0. The van der Waals surface area contributed by atoms with Gasteiger partial charge in [0.15, 0.2) is 5.78 Å². The van der Waals surface area contributed by atoms with Crippen molar-refractivity contribution in [1.29, 1.82) is 0 Å². The first-order chi connectivity index (χ1) is 6.42. The highest BCUT2D eigenvalue weighted by Crippen LogP contribution is 2.14. The number of rotatable bonds is 1. The van der Waals surface area contributed by atoms with E-state index in [-0.39, 0.29) is 22.4 Å². The second-order valence-corrected chi connectivity index (χ2v) is 5.62. The van der Waals surface area contributed by atoms with Gasteiger partial charge in [-0.25, -0.2) is 0 Å². The fourth-order valence-corrected chi connectivity index (χ4v) is 0.306. The molecule has 0 unspecified atom stereocenters. The van der Waals surface area contributed by atoms with Gasteiger partial charge in [-0.3, -0.25) is 9.59 Å². The third kappa shape index (κ3) is 9.39. The van der Waals surface area contributed by atoms with Crippen molar-refractivity contribution in [2.45, 2.75) is 48.5 Å². The normalized spacial score (nSPS) is 11.1. The first-order valence-electron chi connectivity index (χ1n) is 5.11. The molecule has 0 aliphatic carbocycles. The van der Waals surface area contributed by atoms with E-state index in [0.717, 1.165) is 0 Å².